The third-order valence-electron chi connectivity index (χ3n) is 5.42. The molecule has 1 aliphatic rings. The molecule has 0 N–H and O–H groups in total. The maximum atomic E-state index is 13.2. The number of anilines is 1. The van der Waals surface area contributed by atoms with E-state index in [1.165, 1.54) is 16.7 Å². The van der Waals surface area contributed by atoms with Crippen LogP contribution in [0.2, 0.25) is 0 Å². The number of rotatable bonds is 3. The Morgan fingerprint density at radius 3 is 2.69 bits per heavy atom. The van der Waals surface area contributed by atoms with Gasteiger partial charge in [0.2, 0.25) is 0 Å². The second kappa shape index (κ2) is 7.59. The molecule has 2 atom stereocenters. The SMILES string of the molecule is Cc1oncc1[C@@H]1CN(c2ccnc(-c3cnc4ccc(C(F)(F)F)cn34)n2)C[C@H](C)O1. The number of alkyl halides is 3. The summed E-state index contributed by atoms with van der Waals surface area (Å²) in [6, 6.07) is 4.10. The first-order valence-electron chi connectivity index (χ1n) is 9.99. The largest absolute Gasteiger partial charge is 0.417 e. The molecule has 0 unspecified atom stereocenters. The van der Waals surface area contributed by atoms with E-state index in [0.717, 1.165) is 17.8 Å². The average molecular weight is 444 g/mol. The van der Waals surface area contributed by atoms with Gasteiger partial charge in [-0.3, -0.25) is 4.40 Å². The molecular weight excluding hydrogens is 425 g/mol. The molecular formula is C21H19F3N6O2. The molecule has 0 amide bonds. The molecule has 0 aliphatic carbocycles. The van der Waals surface area contributed by atoms with Crippen molar-refractivity contribution in [3.05, 3.63) is 59.9 Å². The lowest BCUT2D eigenvalue weighted by Crippen LogP contribution is -2.43. The van der Waals surface area contributed by atoms with Crippen LogP contribution in [-0.2, 0) is 10.9 Å². The van der Waals surface area contributed by atoms with Gasteiger partial charge in [0, 0.05) is 24.5 Å². The van der Waals surface area contributed by atoms with Crippen LogP contribution in [0.3, 0.4) is 0 Å². The number of hydrogen-bond acceptors (Lipinski definition) is 7. The zero-order valence-electron chi connectivity index (χ0n) is 17.2. The number of aromatic nitrogens is 5. The van der Waals surface area contributed by atoms with E-state index in [1.807, 2.05) is 13.8 Å². The van der Waals surface area contributed by atoms with E-state index in [-0.39, 0.29) is 18.0 Å². The van der Waals surface area contributed by atoms with E-state index < -0.39 is 11.7 Å². The minimum absolute atomic E-state index is 0.0772. The molecule has 1 fully saturated rings. The Morgan fingerprint density at radius 1 is 1.09 bits per heavy atom. The Bertz CT molecular complexity index is 1270. The van der Waals surface area contributed by atoms with Crippen molar-refractivity contribution < 1.29 is 22.4 Å². The summed E-state index contributed by atoms with van der Waals surface area (Å²) in [6.45, 7) is 4.92. The smallest absolute Gasteiger partial charge is 0.367 e. The van der Waals surface area contributed by atoms with Crippen molar-refractivity contribution in [1.82, 2.24) is 24.5 Å². The summed E-state index contributed by atoms with van der Waals surface area (Å²) in [7, 11) is 0. The quantitative estimate of drug-likeness (QED) is 0.471. The molecule has 5 heterocycles. The van der Waals surface area contributed by atoms with E-state index in [1.54, 1.807) is 18.5 Å². The van der Waals surface area contributed by atoms with Crippen molar-refractivity contribution in [3.8, 4) is 11.5 Å². The molecule has 1 saturated heterocycles. The molecule has 0 saturated carbocycles. The summed E-state index contributed by atoms with van der Waals surface area (Å²) < 4.78 is 52.1. The summed E-state index contributed by atoms with van der Waals surface area (Å²) >= 11 is 0. The predicted molar refractivity (Wildman–Crippen MR) is 108 cm³/mol. The third kappa shape index (κ3) is 3.68. The van der Waals surface area contributed by atoms with E-state index in [2.05, 4.69) is 25.0 Å². The number of aryl methyl sites for hydroxylation is 1. The number of fused-ring (bicyclic) bond motifs is 1. The van der Waals surface area contributed by atoms with Crippen molar-refractivity contribution in [2.24, 2.45) is 0 Å². The minimum Gasteiger partial charge on any atom is -0.367 e. The first-order chi connectivity index (χ1) is 15.3. The van der Waals surface area contributed by atoms with Gasteiger partial charge in [-0.05, 0) is 32.0 Å². The standard InChI is InChI=1S/C21H19F3N6O2/c1-12-9-29(11-17(31-12)15-7-27-32-13(15)2)19-5-6-25-20(28-19)16-8-26-18-4-3-14(10-30(16)18)21(22,23)24/h3-8,10,12,17H,9,11H2,1-2H3/t12-,17-/m0/s1. The summed E-state index contributed by atoms with van der Waals surface area (Å²) in [5.74, 6) is 1.62. The van der Waals surface area contributed by atoms with Gasteiger partial charge < -0.3 is 14.2 Å². The van der Waals surface area contributed by atoms with Gasteiger partial charge in [0.15, 0.2) is 5.82 Å². The van der Waals surface area contributed by atoms with Crippen LogP contribution in [0, 0.1) is 6.92 Å². The second-order valence-corrected chi connectivity index (χ2v) is 7.70. The van der Waals surface area contributed by atoms with Crippen molar-refractivity contribution in [2.75, 3.05) is 18.0 Å². The van der Waals surface area contributed by atoms with Crippen molar-refractivity contribution in [2.45, 2.75) is 32.2 Å². The van der Waals surface area contributed by atoms with Crippen LogP contribution in [0.4, 0.5) is 19.0 Å². The summed E-state index contributed by atoms with van der Waals surface area (Å²) in [5.41, 5.74) is 0.859. The lowest BCUT2D eigenvalue weighted by molar-refractivity contribution is -0.137. The van der Waals surface area contributed by atoms with Crippen LogP contribution in [0.5, 0.6) is 0 Å². The number of morpholine rings is 1. The van der Waals surface area contributed by atoms with Crippen LogP contribution in [0.25, 0.3) is 17.2 Å². The Morgan fingerprint density at radius 2 is 1.94 bits per heavy atom. The van der Waals surface area contributed by atoms with Gasteiger partial charge in [-0.2, -0.15) is 13.2 Å². The van der Waals surface area contributed by atoms with E-state index in [0.29, 0.717) is 36.0 Å². The van der Waals surface area contributed by atoms with Gasteiger partial charge in [-0.1, -0.05) is 5.16 Å². The highest BCUT2D eigenvalue weighted by Gasteiger charge is 2.32. The molecule has 0 radical (unpaired) electrons. The Kier molecular flexibility index (Phi) is 4.85. The van der Waals surface area contributed by atoms with Crippen molar-refractivity contribution >= 4 is 11.5 Å². The van der Waals surface area contributed by atoms with Crippen molar-refractivity contribution in [1.29, 1.82) is 0 Å². The fraction of sp³-hybridized carbons (Fsp3) is 0.333. The predicted octanol–water partition coefficient (Wildman–Crippen LogP) is 4.07. The van der Waals surface area contributed by atoms with Crippen LogP contribution in [0.1, 0.15) is 29.9 Å². The lowest BCUT2D eigenvalue weighted by Gasteiger charge is -2.37. The van der Waals surface area contributed by atoms with E-state index in [9.17, 15) is 13.2 Å². The van der Waals surface area contributed by atoms with E-state index >= 15 is 0 Å². The average Bonchev–Trinajstić information content (AvgIpc) is 3.38. The number of hydrogen-bond donors (Lipinski definition) is 0. The molecule has 11 heteroatoms. The first kappa shape index (κ1) is 20.4. The molecule has 0 aromatic carbocycles. The third-order valence-corrected chi connectivity index (χ3v) is 5.42. The zero-order chi connectivity index (χ0) is 22.5. The summed E-state index contributed by atoms with van der Waals surface area (Å²) in [6.07, 6.45) is 0.940. The van der Waals surface area contributed by atoms with Gasteiger partial charge in [0.1, 0.15) is 29.0 Å². The number of ether oxygens (including phenoxy) is 1. The van der Waals surface area contributed by atoms with Crippen molar-refractivity contribution in [3.63, 3.8) is 0 Å². The number of pyridine rings is 1. The van der Waals surface area contributed by atoms with E-state index in [4.69, 9.17) is 9.26 Å². The maximum Gasteiger partial charge on any atom is 0.417 e. The Labute approximate surface area is 180 Å². The first-order valence-corrected chi connectivity index (χ1v) is 9.99. The number of halogens is 3. The normalized spacial score (nSPS) is 19.6. The molecule has 0 spiro atoms. The number of imidazole rings is 1. The van der Waals surface area contributed by atoms with Gasteiger partial charge in [-0.15, -0.1) is 0 Å². The maximum absolute atomic E-state index is 13.2. The van der Waals surface area contributed by atoms with Gasteiger partial charge in [0.05, 0.1) is 30.6 Å². The van der Waals surface area contributed by atoms with Crippen LogP contribution in [-0.4, -0.2) is 43.7 Å². The fourth-order valence-corrected chi connectivity index (χ4v) is 3.89. The topological polar surface area (TPSA) is 81.6 Å². The van der Waals surface area contributed by atoms with Gasteiger partial charge in [0.25, 0.3) is 0 Å². The molecule has 4 aromatic heterocycles. The van der Waals surface area contributed by atoms with Gasteiger partial charge in [-0.25, -0.2) is 15.0 Å². The molecule has 32 heavy (non-hydrogen) atoms. The van der Waals surface area contributed by atoms with Crippen LogP contribution < -0.4 is 4.90 Å². The minimum atomic E-state index is -4.46. The second-order valence-electron chi connectivity index (χ2n) is 7.70. The summed E-state index contributed by atoms with van der Waals surface area (Å²) in [4.78, 5) is 15.2. The Hall–Kier alpha value is -3.47. The lowest BCUT2D eigenvalue weighted by atomic mass is 10.1. The monoisotopic (exact) mass is 444 g/mol. The summed E-state index contributed by atoms with van der Waals surface area (Å²) in [5, 5.41) is 3.83. The van der Waals surface area contributed by atoms with Gasteiger partial charge >= 0.3 is 6.18 Å². The molecule has 0 bridgehead atoms. The molecule has 166 valence electrons. The number of nitrogens with zero attached hydrogens (tertiary/aromatic N) is 6. The Balaban J connectivity index is 1.49. The van der Waals surface area contributed by atoms with Crippen LogP contribution >= 0.6 is 0 Å². The highest BCUT2D eigenvalue weighted by atomic mass is 19.4. The fourth-order valence-electron chi connectivity index (χ4n) is 3.89. The highest BCUT2D eigenvalue weighted by molar-refractivity contribution is 5.59. The molecule has 5 rings (SSSR count). The molecule has 1 aliphatic heterocycles. The molecule has 8 nitrogen and oxygen atoms in total. The molecule has 4 aromatic rings. The van der Waals surface area contributed by atoms with Crippen LogP contribution in [0.15, 0.2) is 47.5 Å². The highest BCUT2D eigenvalue weighted by Crippen LogP contribution is 2.32. The zero-order valence-corrected chi connectivity index (χ0v) is 17.2.